The summed E-state index contributed by atoms with van der Waals surface area (Å²) in [5, 5.41) is 13.3. The molecule has 1 saturated heterocycles. The Morgan fingerprint density at radius 2 is 2.05 bits per heavy atom. The highest BCUT2D eigenvalue weighted by Gasteiger charge is 2.21. The molecule has 0 spiro atoms. The van der Waals surface area contributed by atoms with Gasteiger partial charge in [-0.1, -0.05) is 54.2 Å². The molecule has 0 aliphatic carbocycles. The van der Waals surface area contributed by atoms with Crippen molar-refractivity contribution in [2.75, 3.05) is 5.75 Å². The van der Waals surface area contributed by atoms with Crippen LogP contribution in [0, 0.1) is 11.3 Å². The van der Waals surface area contributed by atoms with Crippen molar-refractivity contribution >= 4 is 16.9 Å². The minimum Gasteiger partial charge on any atom is -0.357 e. The fraction of sp³-hybridized carbons (Fsp3) is 0.176. The Kier molecular flexibility index (Phi) is 4.23. The summed E-state index contributed by atoms with van der Waals surface area (Å²) in [7, 11) is 0. The molecule has 21 heavy (non-hydrogen) atoms. The number of nitriles is 1. The summed E-state index contributed by atoms with van der Waals surface area (Å²) in [5.74, 6) is 1.00. The van der Waals surface area contributed by atoms with Gasteiger partial charge in [-0.05, 0) is 23.3 Å². The quantitative estimate of drug-likeness (QED) is 0.942. The van der Waals surface area contributed by atoms with Gasteiger partial charge in [-0.15, -0.1) is 0 Å². The third-order valence-electron chi connectivity index (χ3n) is 3.35. The first-order valence-electron chi connectivity index (χ1n) is 6.83. The molecular formula is C17H15N3S. The fourth-order valence-electron chi connectivity index (χ4n) is 2.25. The Hall–Kier alpha value is -2.25. The maximum Gasteiger partial charge on any atom is 0.157 e. The Labute approximate surface area is 128 Å². The van der Waals surface area contributed by atoms with E-state index < -0.39 is 0 Å². The van der Waals surface area contributed by atoms with Crippen molar-refractivity contribution in [1.82, 2.24) is 5.32 Å². The van der Waals surface area contributed by atoms with Crippen molar-refractivity contribution in [3.8, 4) is 6.07 Å². The number of nitrogens with zero attached hydrogens (tertiary/aromatic N) is 2. The van der Waals surface area contributed by atoms with Gasteiger partial charge in [0.15, 0.2) is 5.17 Å². The molecule has 0 bridgehead atoms. The number of nitrogens with one attached hydrogen (secondary N) is 1. The molecule has 1 N–H and O–H groups in total. The van der Waals surface area contributed by atoms with Crippen LogP contribution in [-0.2, 0) is 6.54 Å². The van der Waals surface area contributed by atoms with E-state index >= 15 is 0 Å². The van der Waals surface area contributed by atoms with E-state index in [2.05, 4.69) is 40.6 Å². The van der Waals surface area contributed by atoms with Crippen LogP contribution in [0.1, 0.15) is 22.7 Å². The van der Waals surface area contributed by atoms with E-state index in [0.29, 0.717) is 18.2 Å². The summed E-state index contributed by atoms with van der Waals surface area (Å²) in [6, 6.07) is 20.5. The molecule has 1 unspecified atom stereocenters. The highest BCUT2D eigenvalue weighted by atomic mass is 32.2. The maximum absolute atomic E-state index is 8.90. The molecule has 2 aromatic rings. The van der Waals surface area contributed by atoms with Gasteiger partial charge in [0, 0.05) is 5.75 Å². The number of benzene rings is 2. The number of thioether (sulfide) groups is 1. The average Bonchev–Trinajstić information content (AvgIpc) is 3.03. The number of aliphatic imine (C=N–C) groups is 1. The summed E-state index contributed by atoms with van der Waals surface area (Å²) in [4.78, 5) is 4.60. The third-order valence-corrected chi connectivity index (χ3v) is 4.37. The summed E-state index contributed by atoms with van der Waals surface area (Å²) < 4.78 is 0. The van der Waals surface area contributed by atoms with E-state index in [1.54, 1.807) is 11.8 Å². The normalized spacial score (nSPS) is 19.2. The van der Waals surface area contributed by atoms with Gasteiger partial charge < -0.3 is 5.32 Å². The van der Waals surface area contributed by atoms with Gasteiger partial charge in [-0.3, -0.25) is 4.99 Å². The topological polar surface area (TPSA) is 48.2 Å². The molecule has 1 heterocycles. The second-order valence-corrected chi connectivity index (χ2v) is 5.86. The van der Waals surface area contributed by atoms with Gasteiger partial charge in [0.25, 0.3) is 0 Å². The average molecular weight is 293 g/mol. The van der Waals surface area contributed by atoms with Gasteiger partial charge in [0.1, 0.15) is 0 Å². The maximum atomic E-state index is 8.90. The molecule has 2 aromatic carbocycles. The molecule has 0 saturated carbocycles. The van der Waals surface area contributed by atoms with Gasteiger partial charge in [0.2, 0.25) is 0 Å². The minimum atomic E-state index is 0.334. The summed E-state index contributed by atoms with van der Waals surface area (Å²) in [6.07, 6.45) is 0. The van der Waals surface area contributed by atoms with Crippen LogP contribution in [0.25, 0.3) is 0 Å². The molecule has 0 amide bonds. The number of amidine groups is 1. The largest absolute Gasteiger partial charge is 0.357 e. The van der Waals surface area contributed by atoms with Crippen molar-refractivity contribution in [3.05, 3.63) is 71.3 Å². The lowest BCUT2D eigenvalue weighted by Crippen LogP contribution is -2.19. The molecule has 1 fully saturated rings. The SMILES string of the molecule is N#Cc1cccc(CN=C2NC(c3ccccc3)CS2)c1. The van der Waals surface area contributed by atoms with Gasteiger partial charge in [0.05, 0.1) is 24.2 Å². The molecule has 1 aliphatic heterocycles. The van der Waals surface area contributed by atoms with Gasteiger partial charge in [-0.25, -0.2) is 0 Å². The lowest BCUT2D eigenvalue weighted by Gasteiger charge is -2.09. The summed E-state index contributed by atoms with van der Waals surface area (Å²) in [5.41, 5.74) is 3.04. The standard InChI is InChI=1S/C17H15N3S/c18-10-13-5-4-6-14(9-13)11-19-17-20-16(12-21-17)15-7-2-1-3-8-15/h1-9,16H,11-12H2,(H,19,20). The van der Waals surface area contributed by atoms with Gasteiger partial charge in [-0.2, -0.15) is 5.26 Å². The number of hydrogen-bond acceptors (Lipinski definition) is 3. The molecule has 1 aliphatic rings. The van der Waals surface area contributed by atoms with Crippen molar-refractivity contribution in [1.29, 1.82) is 5.26 Å². The molecule has 3 rings (SSSR count). The molecule has 104 valence electrons. The molecular weight excluding hydrogens is 278 g/mol. The van der Waals surface area contributed by atoms with Crippen LogP contribution >= 0.6 is 11.8 Å². The van der Waals surface area contributed by atoms with Crippen LogP contribution in [0.2, 0.25) is 0 Å². The van der Waals surface area contributed by atoms with Crippen LogP contribution in [0.4, 0.5) is 0 Å². The van der Waals surface area contributed by atoms with Crippen molar-refractivity contribution in [3.63, 3.8) is 0 Å². The summed E-state index contributed by atoms with van der Waals surface area (Å²) >= 11 is 1.75. The van der Waals surface area contributed by atoms with Crippen LogP contribution in [0.3, 0.4) is 0 Å². The third kappa shape index (κ3) is 3.45. The highest BCUT2D eigenvalue weighted by molar-refractivity contribution is 8.14. The fourth-order valence-corrected chi connectivity index (χ4v) is 3.23. The van der Waals surface area contributed by atoms with E-state index in [0.717, 1.165) is 16.5 Å². The van der Waals surface area contributed by atoms with Crippen LogP contribution in [0.15, 0.2) is 59.6 Å². The first-order chi connectivity index (χ1) is 10.3. The van der Waals surface area contributed by atoms with Crippen molar-refractivity contribution in [2.24, 2.45) is 4.99 Å². The number of rotatable bonds is 3. The molecule has 4 heteroatoms. The van der Waals surface area contributed by atoms with Crippen LogP contribution < -0.4 is 5.32 Å². The first kappa shape index (κ1) is 13.7. The molecule has 1 atom stereocenters. The molecule has 0 aromatic heterocycles. The molecule has 3 nitrogen and oxygen atoms in total. The molecule has 0 radical (unpaired) electrons. The Morgan fingerprint density at radius 1 is 1.19 bits per heavy atom. The zero-order valence-corrected chi connectivity index (χ0v) is 12.3. The van der Waals surface area contributed by atoms with Crippen molar-refractivity contribution < 1.29 is 0 Å². The summed E-state index contributed by atoms with van der Waals surface area (Å²) in [6.45, 7) is 0.604. The van der Waals surface area contributed by atoms with E-state index in [4.69, 9.17) is 5.26 Å². The van der Waals surface area contributed by atoms with E-state index in [9.17, 15) is 0 Å². The van der Waals surface area contributed by atoms with E-state index in [-0.39, 0.29) is 0 Å². The Morgan fingerprint density at radius 3 is 2.86 bits per heavy atom. The Bertz CT molecular complexity index is 689. The second kappa shape index (κ2) is 6.47. The van der Waals surface area contributed by atoms with Gasteiger partial charge >= 0.3 is 0 Å². The lowest BCUT2D eigenvalue weighted by atomic mass is 10.1. The zero-order valence-electron chi connectivity index (χ0n) is 11.5. The highest BCUT2D eigenvalue weighted by Crippen LogP contribution is 2.26. The predicted octanol–water partition coefficient (Wildman–Crippen LogP) is 3.49. The van der Waals surface area contributed by atoms with E-state index in [1.165, 1.54) is 5.56 Å². The number of hydrogen-bond donors (Lipinski definition) is 1. The smallest absolute Gasteiger partial charge is 0.157 e. The zero-order chi connectivity index (χ0) is 14.5. The predicted molar refractivity (Wildman–Crippen MR) is 87.1 cm³/mol. The van der Waals surface area contributed by atoms with Crippen molar-refractivity contribution in [2.45, 2.75) is 12.6 Å². The lowest BCUT2D eigenvalue weighted by molar-refractivity contribution is 0.748. The second-order valence-electron chi connectivity index (χ2n) is 4.85. The van der Waals surface area contributed by atoms with E-state index in [1.807, 2.05) is 30.3 Å². The first-order valence-corrected chi connectivity index (χ1v) is 7.81. The van der Waals surface area contributed by atoms with Crippen LogP contribution in [-0.4, -0.2) is 10.9 Å². The minimum absolute atomic E-state index is 0.334. The Balaban J connectivity index is 1.65. The van der Waals surface area contributed by atoms with Crippen LogP contribution in [0.5, 0.6) is 0 Å². The monoisotopic (exact) mass is 293 g/mol.